The molecule has 2 aliphatic carbocycles. The van der Waals surface area contributed by atoms with Crippen molar-refractivity contribution in [2.24, 2.45) is 22.1 Å². The number of aryl methyl sites for hydroxylation is 3. The van der Waals surface area contributed by atoms with Gasteiger partial charge in [-0.3, -0.25) is 29.1 Å². The van der Waals surface area contributed by atoms with Crippen molar-refractivity contribution in [3.05, 3.63) is 164 Å². The molecule has 116 heavy (non-hydrogen) atoms. The molecular formula is C88H127F4N21O3. The molecule has 8 aliphatic rings. The summed E-state index contributed by atoms with van der Waals surface area (Å²) in [5.41, 5.74) is 20.3. The number of nitrogens with zero attached hydrogens (tertiary/aromatic N) is 18. The summed E-state index contributed by atoms with van der Waals surface area (Å²) in [6.07, 6.45) is 21.1. The van der Waals surface area contributed by atoms with Crippen LogP contribution in [0.4, 0.5) is 17.6 Å². The molecule has 630 valence electrons. The quantitative estimate of drug-likeness (QED) is 0.0114. The predicted molar refractivity (Wildman–Crippen MR) is 442 cm³/mol. The number of carbonyl (C=O) groups excluding carboxylic acids is 3. The number of piperidine rings is 3. The van der Waals surface area contributed by atoms with Crippen LogP contribution >= 0.6 is 0 Å². The fourth-order valence-corrected chi connectivity index (χ4v) is 20.6. The fraction of sp³-hybridized carbons (Fsp3) is 0.693. The van der Waals surface area contributed by atoms with Crippen LogP contribution in [0.2, 0.25) is 0 Å². The molecule has 3 aromatic heterocycles. The Balaban J connectivity index is 0.000000161. The van der Waals surface area contributed by atoms with Crippen LogP contribution < -0.4 is 16.0 Å². The van der Waals surface area contributed by atoms with Crippen LogP contribution in [0.25, 0.3) is 20.9 Å². The standard InChI is InChI=1S/C32H46F2N8O.C29H41F2N5O.C27H40N8O/c1-22(2)30-39-38-29(10-6-7-18-36-40-35)42(30)27-20-25-11-12-26(21-27)41(25)19-15-28(23-8-4-3-5-9-23)37-31(43)24-13-16-32(33,34)17-14-24;1-19(2)27-34-33-20(3)36(27)25-17-23-9-10-24(18-25)35(23)16-13-26(21-7-5-4-6-8-21)32-28(37)22-11-14-29(30,31)15-12-22;1-19(2)27-32-31-20(3)35(27)24-17-22-12-13-23(18-24)34(22)16-14-25(21-9-5-4-6-10-21)30-26(36)11-7-8-15-29-33-28/h3-5,8-9,22,24-28H,6-7,10-21H2,1-2H3,(H,37,43);4-8,19,22-26H,9-18H2,1-3H3,(H,32,37);4-6,9-10,19,22-25H,7-8,11-18H2,1-3H3,(H,30,36)/t25?,26?,27?,28-;23?,24?,25?,26-;22?,23?,24?,25-/m000/s1. The summed E-state index contributed by atoms with van der Waals surface area (Å²) in [6, 6.07) is 34.6. The second-order valence-electron chi connectivity index (χ2n) is 35.4. The number of amides is 3. The highest BCUT2D eigenvalue weighted by molar-refractivity contribution is 5.80. The first-order valence-electron chi connectivity index (χ1n) is 43.8. The number of azide groups is 2. The molecule has 14 rings (SSSR count). The maximum atomic E-state index is 13.7. The Labute approximate surface area is 683 Å². The van der Waals surface area contributed by atoms with Crippen LogP contribution in [0.5, 0.6) is 0 Å². The average molecular weight is 1600 g/mol. The van der Waals surface area contributed by atoms with Crippen molar-refractivity contribution in [3.63, 3.8) is 0 Å². The molecule has 3 amide bonds. The number of nitrogens with one attached hydrogen (secondary N) is 3. The topological polar surface area (TPSA) is 287 Å². The van der Waals surface area contributed by atoms with Crippen molar-refractivity contribution < 1.29 is 31.9 Å². The number of halogens is 4. The summed E-state index contributed by atoms with van der Waals surface area (Å²) < 4.78 is 61.9. The molecule has 9 heterocycles. The Kier molecular flexibility index (Phi) is 30.7. The molecule has 6 aliphatic heterocycles. The fourth-order valence-electron chi connectivity index (χ4n) is 20.6. The number of aromatic nitrogens is 9. The van der Waals surface area contributed by atoms with Crippen molar-refractivity contribution in [2.45, 2.75) is 344 Å². The minimum absolute atomic E-state index is 0.000546. The van der Waals surface area contributed by atoms with Crippen molar-refractivity contribution in [3.8, 4) is 0 Å². The predicted octanol–water partition coefficient (Wildman–Crippen LogP) is 18.8. The lowest BCUT2D eigenvalue weighted by Gasteiger charge is -2.41. The van der Waals surface area contributed by atoms with E-state index in [9.17, 15) is 31.9 Å². The third-order valence-corrected chi connectivity index (χ3v) is 26.5. The lowest BCUT2D eigenvalue weighted by molar-refractivity contribution is -0.131. The van der Waals surface area contributed by atoms with Crippen LogP contribution in [0, 0.1) is 25.7 Å². The minimum Gasteiger partial charge on any atom is -0.349 e. The summed E-state index contributed by atoms with van der Waals surface area (Å²) in [5.74, 6) is 1.30. The number of unbranched alkanes of at least 4 members (excludes halogenated alkanes) is 2. The number of alkyl halides is 4. The van der Waals surface area contributed by atoms with Gasteiger partial charge in [-0.1, -0.05) is 143 Å². The summed E-state index contributed by atoms with van der Waals surface area (Å²) in [6.45, 7) is 21.0. The molecule has 6 aromatic rings. The van der Waals surface area contributed by atoms with Gasteiger partial charge in [0.1, 0.15) is 34.9 Å². The SMILES string of the molecule is CC(C)c1nnc(CCCCN=[N+]=[N-])n1C1CC2CCC(C1)N2CC[C@H](NC(=O)C1CCC(F)(F)CC1)c1ccccc1.Cc1nnc(C(C)C)n1C1CC2CCC(C1)N2CC[C@H](NC(=O)C1CCC(F)(F)CC1)c1ccccc1.Cc1nnc(C(C)C)n1C1CC2CCC(C1)N2CC[C@H](NC(=O)CCCCN=[N+]=[N-])c1ccccc1. The van der Waals surface area contributed by atoms with E-state index in [1.807, 2.05) is 54.6 Å². The maximum absolute atomic E-state index is 13.7. The normalized spacial score (nSPS) is 24.6. The molecule has 6 saturated heterocycles. The van der Waals surface area contributed by atoms with Crippen LogP contribution in [-0.2, 0) is 20.8 Å². The number of fused-ring (bicyclic) bond motifs is 6. The van der Waals surface area contributed by atoms with E-state index in [1.165, 1.54) is 38.5 Å². The summed E-state index contributed by atoms with van der Waals surface area (Å²) in [4.78, 5) is 52.6. The molecule has 3 N–H and O–H groups in total. The first kappa shape index (κ1) is 87.0. The van der Waals surface area contributed by atoms with Gasteiger partial charge in [0.25, 0.3) is 0 Å². The highest BCUT2D eigenvalue weighted by Crippen LogP contribution is 2.47. The first-order valence-corrected chi connectivity index (χ1v) is 43.8. The summed E-state index contributed by atoms with van der Waals surface area (Å²) in [5, 5.41) is 43.9. The second-order valence-corrected chi connectivity index (χ2v) is 35.4. The van der Waals surface area contributed by atoms with Gasteiger partial charge >= 0.3 is 0 Å². The van der Waals surface area contributed by atoms with Gasteiger partial charge < -0.3 is 29.7 Å². The highest BCUT2D eigenvalue weighted by atomic mass is 19.3. The third kappa shape index (κ3) is 22.6. The van der Waals surface area contributed by atoms with Crippen LogP contribution in [0.1, 0.15) is 327 Å². The number of hydrogen-bond donors (Lipinski definition) is 3. The molecule has 6 bridgehead atoms. The highest BCUT2D eigenvalue weighted by Gasteiger charge is 2.47. The van der Waals surface area contributed by atoms with Gasteiger partial charge in [0.15, 0.2) is 0 Å². The van der Waals surface area contributed by atoms with E-state index < -0.39 is 11.8 Å². The number of hydrogen-bond acceptors (Lipinski definition) is 14. The lowest BCUT2D eigenvalue weighted by Crippen LogP contribution is -2.45. The van der Waals surface area contributed by atoms with E-state index in [0.29, 0.717) is 85.7 Å². The molecule has 0 radical (unpaired) electrons. The van der Waals surface area contributed by atoms with E-state index in [4.69, 9.17) is 11.1 Å². The summed E-state index contributed by atoms with van der Waals surface area (Å²) in [7, 11) is 0. The first-order chi connectivity index (χ1) is 55.9. The maximum Gasteiger partial charge on any atom is 0.248 e. The van der Waals surface area contributed by atoms with E-state index >= 15 is 0 Å². The van der Waals surface area contributed by atoms with Crippen LogP contribution in [0.3, 0.4) is 0 Å². The Morgan fingerprint density at radius 3 is 1.09 bits per heavy atom. The zero-order valence-corrected chi connectivity index (χ0v) is 69.8. The van der Waals surface area contributed by atoms with E-state index in [0.717, 1.165) is 161 Å². The van der Waals surface area contributed by atoms with Gasteiger partial charge in [-0.05, 0) is 189 Å². The van der Waals surface area contributed by atoms with Gasteiger partial charge in [-0.2, -0.15) is 0 Å². The zero-order chi connectivity index (χ0) is 82.0. The van der Waals surface area contributed by atoms with Crippen molar-refractivity contribution in [1.82, 2.24) is 74.9 Å². The van der Waals surface area contributed by atoms with Gasteiger partial charge in [-0.15, -0.1) is 30.6 Å². The van der Waals surface area contributed by atoms with Crippen LogP contribution in [0.15, 0.2) is 101 Å². The van der Waals surface area contributed by atoms with Gasteiger partial charge in [-0.25, -0.2) is 17.6 Å². The lowest BCUT2D eigenvalue weighted by atomic mass is 9.86. The third-order valence-electron chi connectivity index (χ3n) is 26.5. The van der Waals surface area contributed by atoms with E-state index in [1.54, 1.807) is 0 Å². The molecule has 6 unspecified atom stereocenters. The van der Waals surface area contributed by atoms with E-state index in [-0.39, 0.29) is 105 Å². The van der Waals surface area contributed by atoms with Gasteiger partial charge in [0.2, 0.25) is 29.6 Å². The second kappa shape index (κ2) is 40.9. The molecule has 3 aromatic carbocycles. The molecule has 0 spiro atoms. The average Bonchev–Trinajstić information content (AvgIpc) is 1.61. The van der Waals surface area contributed by atoms with Crippen molar-refractivity contribution in [2.75, 3.05) is 32.7 Å². The monoisotopic (exact) mass is 1600 g/mol. The molecule has 28 heteroatoms. The number of carbonyl (C=O) groups is 3. The molecule has 2 saturated carbocycles. The number of rotatable bonds is 33. The Bertz CT molecular complexity index is 4160. The smallest absolute Gasteiger partial charge is 0.248 e. The number of benzene rings is 3. The Hall–Kier alpha value is -8.29. The van der Waals surface area contributed by atoms with Gasteiger partial charge in [0.05, 0.1) is 18.1 Å². The van der Waals surface area contributed by atoms with Gasteiger partial charge in [0, 0.05) is 165 Å². The molecule has 8 fully saturated rings. The van der Waals surface area contributed by atoms with E-state index in [2.05, 4.69) is 187 Å². The molecular weight excluding hydrogens is 1480 g/mol. The van der Waals surface area contributed by atoms with Crippen molar-refractivity contribution in [1.29, 1.82) is 0 Å². The molecule has 24 nitrogen and oxygen atoms in total. The van der Waals surface area contributed by atoms with Crippen LogP contribution in [-0.4, -0.2) is 158 Å². The Morgan fingerprint density at radius 2 is 0.750 bits per heavy atom. The minimum atomic E-state index is -2.64. The Morgan fingerprint density at radius 1 is 0.431 bits per heavy atom. The molecule has 9 atom stereocenters. The van der Waals surface area contributed by atoms with Crippen molar-refractivity contribution >= 4 is 17.7 Å². The summed E-state index contributed by atoms with van der Waals surface area (Å²) >= 11 is 0. The largest absolute Gasteiger partial charge is 0.349 e. The zero-order valence-electron chi connectivity index (χ0n) is 69.8.